The predicted octanol–water partition coefficient (Wildman–Crippen LogP) is 3.93. The molecule has 0 bridgehead atoms. The number of thiophene rings is 1. The molecule has 1 fully saturated rings. The molecule has 1 saturated heterocycles. The van der Waals surface area contributed by atoms with Gasteiger partial charge in [0.1, 0.15) is 0 Å². The Morgan fingerprint density at radius 3 is 2.93 bits per heavy atom. The van der Waals surface area contributed by atoms with Crippen molar-refractivity contribution in [2.75, 3.05) is 25.0 Å². The van der Waals surface area contributed by atoms with Crippen molar-refractivity contribution in [1.82, 2.24) is 4.90 Å². The minimum Gasteiger partial charge on any atom is -0.377 e. The molecule has 3 rings (SSSR count). The fraction of sp³-hybridized carbons (Fsp3) is 0.389. The number of nitro benzene ring substituents is 1. The van der Waals surface area contributed by atoms with Crippen LogP contribution in [0.25, 0.3) is 0 Å². The van der Waals surface area contributed by atoms with Crippen LogP contribution in [-0.2, 0) is 16.1 Å². The quantitative estimate of drug-likeness (QED) is 0.527. The molecule has 1 unspecified atom stereocenters. The number of hydrogen-bond acceptors (Lipinski definition) is 6. The second-order valence-electron chi connectivity index (χ2n) is 6.35. The number of ether oxygens (including phenoxy) is 1. The monoisotopic (exact) mass is 409 g/mol. The van der Waals surface area contributed by atoms with E-state index >= 15 is 0 Å². The maximum Gasteiger partial charge on any atom is 0.271 e. The van der Waals surface area contributed by atoms with Crippen LogP contribution >= 0.6 is 22.9 Å². The van der Waals surface area contributed by atoms with Crippen LogP contribution in [0.3, 0.4) is 0 Å². The first-order valence-corrected chi connectivity index (χ1v) is 9.87. The lowest BCUT2D eigenvalue weighted by Crippen LogP contribution is -2.37. The van der Waals surface area contributed by atoms with Gasteiger partial charge in [-0.3, -0.25) is 19.8 Å². The average Bonchev–Trinajstić information content (AvgIpc) is 3.30. The van der Waals surface area contributed by atoms with Crippen molar-refractivity contribution in [2.24, 2.45) is 0 Å². The number of nitrogens with one attached hydrogen (secondary N) is 1. The van der Waals surface area contributed by atoms with Gasteiger partial charge in [0.15, 0.2) is 0 Å². The summed E-state index contributed by atoms with van der Waals surface area (Å²) in [4.78, 5) is 26.0. The van der Waals surface area contributed by atoms with Crippen molar-refractivity contribution in [3.8, 4) is 0 Å². The highest BCUT2D eigenvalue weighted by Crippen LogP contribution is 2.26. The zero-order valence-corrected chi connectivity index (χ0v) is 16.2. The number of amides is 1. The summed E-state index contributed by atoms with van der Waals surface area (Å²) >= 11 is 7.70. The molecule has 1 aliphatic heterocycles. The topological polar surface area (TPSA) is 84.7 Å². The highest BCUT2D eigenvalue weighted by molar-refractivity contribution is 7.09. The minimum atomic E-state index is -0.526. The largest absolute Gasteiger partial charge is 0.377 e. The SMILES string of the molecule is O=C(CN(Cc1cccs1)CC1CCCO1)Nc1ccc([N+](=O)[O-])cc1Cl. The van der Waals surface area contributed by atoms with Crippen molar-refractivity contribution in [1.29, 1.82) is 0 Å². The lowest BCUT2D eigenvalue weighted by atomic mass is 10.2. The van der Waals surface area contributed by atoms with E-state index in [2.05, 4.69) is 10.2 Å². The molecule has 0 aliphatic carbocycles. The van der Waals surface area contributed by atoms with E-state index in [1.807, 2.05) is 17.5 Å². The van der Waals surface area contributed by atoms with Crippen LogP contribution in [0.2, 0.25) is 5.02 Å². The highest BCUT2D eigenvalue weighted by Gasteiger charge is 2.22. The first kappa shape index (κ1) is 19.8. The van der Waals surface area contributed by atoms with Gasteiger partial charge in [0.2, 0.25) is 5.91 Å². The fourth-order valence-corrected chi connectivity index (χ4v) is 3.96. The Balaban J connectivity index is 1.63. The molecular weight excluding hydrogens is 390 g/mol. The van der Waals surface area contributed by atoms with Crippen molar-refractivity contribution >= 4 is 40.2 Å². The maximum atomic E-state index is 12.5. The third-order valence-corrected chi connectivity index (χ3v) is 5.42. The van der Waals surface area contributed by atoms with Gasteiger partial charge in [0, 0.05) is 36.7 Å². The first-order chi connectivity index (χ1) is 13.0. The number of nitrogens with zero attached hydrogens (tertiary/aromatic N) is 2. The summed E-state index contributed by atoms with van der Waals surface area (Å²) < 4.78 is 5.70. The zero-order chi connectivity index (χ0) is 19.2. The van der Waals surface area contributed by atoms with Gasteiger partial charge in [0.05, 0.1) is 28.3 Å². The number of carbonyl (C=O) groups is 1. The zero-order valence-electron chi connectivity index (χ0n) is 14.6. The summed E-state index contributed by atoms with van der Waals surface area (Å²) in [6.07, 6.45) is 2.18. The number of nitro groups is 1. The Labute approximate surface area is 166 Å². The average molecular weight is 410 g/mol. The Hall–Kier alpha value is -2.00. The van der Waals surface area contributed by atoms with Gasteiger partial charge in [0.25, 0.3) is 5.69 Å². The number of carbonyl (C=O) groups excluding carboxylic acids is 1. The number of rotatable bonds is 8. The fourth-order valence-electron chi connectivity index (χ4n) is 3.00. The Morgan fingerprint density at radius 2 is 2.30 bits per heavy atom. The molecule has 0 saturated carbocycles. The van der Waals surface area contributed by atoms with Crippen LogP contribution in [0, 0.1) is 10.1 Å². The molecule has 0 radical (unpaired) electrons. The third kappa shape index (κ3) is 5.74. The summed E-state index contributed by atoms with van der Waals surface area (Å²) in [6.45, 7) is 2.30. The Morgan fingerprint density at radius 1 is 1.44 bits per heavy atom. The molecule has 27 heavy (non-hydrogen) atoms. The van der Waals surface area contributed by atoms with Crippen LogP contribution in [0.5, 0.6) is 0 Å². The van der Waals surface area contributed by atoms with Crippen LogP contribution in [-0.4, -0.2) is 41.5 Å². The van der Waals surface area contributed by atoms with E-state index in [-0.39, 0.29) is 29.3 Å². The van der Waals surface area contributed by atoms with Crippen LogP contribution in [0.15, 0.2) is 35.7 Å². The molecule has 144 valence electrons. The summed E-state index contributed by atoms with van der Waals surface area (Å²) in [7, 11) is 0. The van der Waals surface area contributed by atoms with Crippen LogP contribution < -0.4 is 5.32 Å². The number of hydrogen-bond donors (Lipinski definition) is 1. The molecule has 1 atom stereocenters. The number of benzene rings is 1. The molecule has 9 heteroatoms. The van der Waals surface area contributed by atoms with E-state index in [1.54, 1.807) is 11.3 Å². The molecule has 1 aliphatic rings. The van der Waals surface area contributed by atoms with E-state index in [1.165, 1.54) is 23.1 Å². The summed E-state index contributed by atoms with van der Waals surface area (Å²) in [5, 5.41) is 15.7. The maximum absolute atomic E-state index is 12.5. The normalized spacial score (nSPS) is 16.6. The first-order valence-electron chi connectivity index (χ1n) is 8.61. The van der Waals surface area contributed by atoms with Crippen LogP contribution in [0.1, 0.15) is 17.7 Å². The smallest absolute Gasteiger partial charge is 0.271 e. The number of anilines is 1. The predicted molar refractivity (Wildman–Crippen MR) is 105 cm³/mol. The van der Waals surface area contributed by atoms with Gasteiger partial charge in [-0.15, -0.1) is 11.3 Å². The molecule has 1 aromatic carbocycles. The van der Waals surface area contributed by atoms with Crippen molar-refractivity contribution in [3.05, 3.63) is 55.7 Å². The molecular formula is C18H20ClN3O4S. The molecule has 0 spiro atoms. The minimum absolute atomic E-state index is 0.115. The van der Waals surface area contributed by atoms with Gasteiger partial charge >= 0.3 is 0 Å². The summed E-state index contributed by atoms with van der Waals surface area (Å²) in [5.74, 6) is -0.222. The van der Waals surface area contributed by atoms with Gasteiger partial charge in [-0.05, 0) is 30.4 Å². The molecule has 1 N–H and O–H groups in total. The second-order valence-corrected chi connectivity index (χ2v) is 7.79. The third-order valence-electron chi connectivity index (χ3n) is 4.25. The van der Waals surface area contributed by atoms with E-state index in [0.717, 1.165) is 19.4 Å². The van der Waals surface area contributed by atoms with E-state index in [9.17, 15) is 14.9 Å². The lowest BCUT2D eigenvalue weighted by Gasteiger charge is -2.24. The van der Waals surface area contributed by atoms with E-state index in [4.69, 9.17) is 16.3 Å². The number of halogens is 1. The van der Waals surface area contributed by atoms with Crippen molar-refractivity contribution in [3.63, 3.8) is 0 Å². The summed E-state index contributed by atoms with van der Waals surface area (Å²) in [6, 6.07) is 8.02. The molecule has 1 amide bonds. The van der Waals surface area contributed by atoms with Gasteiger partial charge in [-0.25, -0.2) is 0 Å². The standard InChI is InChI=1S/C18H20ClN3O4S/c19-16-9-13(22(24)25)5-6-17(16)20-18(23)12-21(10-14-3-1-7-26-14)11-15-4-2-8-27-15/h2,4-6,8-9,14H,1,3,7,10-12H2,(H,20,23). The molecule has 7 nitrogen and oxygen atoms in total. The highest BCUT2D eigenvalue weighted by atomic mass is 35.5. The van der Waals surface area contributed by atoms with Crippen LogP contribution in [0.4, 0.5) is 11.4 Å². The van der Waals surface area contributed by atoms with Crippen molar-refractivity contribution < 1.29 is 14.5 Å². The van der Waals surface area contributed by atoms with Gasteiger partial charge < -0.3 is 10.1 Å². The Kier molecular flexibility index (Phi) is 6.78. The molecule has 2 heterocycles. The van der Waals surface area contributed by atoms with E-state index < -0.39 is 4.92 Å². The van der Waals surface area contributed by atoms with Gasteiger partial charge in [-0.2, -0.15) is 0 Å². The second kappa shape index (κ2) is 9.27. The Bertz CT molecular complexity index is 794. The van der Waals surface area contributed by atoms with Crippen molar-refractivity contribution in [2.45, 2.75) is 25.5 Å². The molecule has 1 aromatic heterocycles. The van der Waals surface area contributed by atoms with Gasteiger partial charge in [-0.1, -0.05) is 17.7 Å². The summed E-state index contributed by atoms with van der Waals surface area (Å²) in [5.41, 5.74) is 0.246. The lowest BCUT2D eigenvalue weighted by molar-refractivity contribution is -0.384. The van der Waals surface area contributed by atoms with E-state index in [0.29, 0.717) is 18.8 Å². The molecule has 2 aromatic rings. The number of non-ortho nitro benzene ring substituents is 1.